The molecule has 1 aromatic carbocycles. The van der Waals surface area contributed by atoms with Gasteiger partial charge >= 0.3 is 6.18 Å². The molecule has 2 atom stereocenters. The van der Waals surface area contributed by atoms with E-state index in [1.807, 2.05) is 13.8 Å². The zero-order chi connectivity index (χ0) is 15.6. The third-order valence-corrected chi connectivity index (χ3v) is 3.38. The van der Waals surface area contributed by atoms with E-state index in [4.69, 9.17) is 4.74 Å². The monoisotopic (exact) mass is 301 g/mol. The second kappa shape index (κ2) is 6.05. The van der Waals surface area contributed by atoms with Gasteiger partial charge in [0.1, 0.15) is 0 Å². The van der Waals surface area contributed by atoms with Crippen LogP contribution < -0.4 is 0 Å². The minimum Gasteiger partial charge on any atom is -0.372 e. The van der Waals surface area contributed by atoms with Crippen LogP contribution in [0, 0.1) is 0 Å². The Morgan fingerprint density at radius 3 is 2.48 bits per heavy atom. The zero-order valence-corrected chi connectivity index (χ0v) is 12.0. The molecule has 2 unspecified atom stereocenters. The number of benzene rings is 1. The molecule has 1 fully saturated rings. The number of nitrogens with zero attached hydrogens (tertiary/aromatic N) is 1. The Bertz CT molecular complexity index is 506. The molecule has 1 aromatic rings. The molecule has 1 aliphatic heterocycles. The fourth-order valence-electron chi connectivity index (χ4n) is 2.53. The molecule has 0 saturated carbocycles. The number of hydrogen-bond donors (Lipinski definition) is 0. The third kappa shape index (κ3) is 4.20. The van der Waals surface area contributed by atoms with E-state index in [0.717, 1.165) is 12.1 Å². The van der Waals surface area contributed by atoms with Crippen molar-refractivity contribution < 1.29 is 22.7 Å². The van der Waals surface area contributed by atoms with Crippen LogP contribution >= 0.6 is 0 Å². The highest BCUT2D eigenvalue weighted by molar-refractivity contribution is 5.79. The first kappa shape index (κ1) is 15.8. The average Bonchev–Trinajstić information content (AvgIpc) is 2.37. The average molecular weight is 301 g/mol. The van der Waals surface area contributed by atoms with Crippen LogP contribution in [-0.4, -0.2) is 36.1 Å². The lowest BCUT2D eigenvalue weighted by Crippen LogP contribution is -2.48. The van der Waals surface area contributed by atoms with E-state index in [-0.39, 0.29) is 24.5 Å². The molecule has 6 heteroatoms. The second-order valence-corrected chi connectivity index (χ2v) is 5.43. The van der Waals surface area contributed by atoms with Gasteiger partial charge in [0.25, 0.3) is 0 Å². The minimum atomic E-state index is -4.39. The first-order valence-corrected chi connectivity index (χ1v) is 6.85. The molecule has 0 N–H and O–H groups in total. The number of hydrogen-bond acceptors (Lipinski definition) is 2. The standard InChI is InChI=1S/C15H18F3NO2/c1-10-8-19(9-11(2)21-10)14(20)7-12-4-3-5-13(6-12)15(16,17)18/h3-6,10-11H,7-9H2,1-2H3. The van der Waals surface area contributed by atoms with E-state index in [1.54, 1.807) is 11.0 Å². The normalized spacial score (nSPS) is 23.2. The van der Waals surface area contributed by atoms with Gasteiger partial charge in [-0.05, 0) is 25.5 Å². The lowest BCUT2D eigenvalue weighted by Gasteiger charge is -2.35. The van der Waals surface area contributed by atoms with Gasteiger partial charge in [-0.1, -0.05) is 18.2 Å². The molecule has 1 heterocycles. The maximum absolute atomic E-state index is 12.7. The number of rotatable bonds is 2. The number of alkyl halides is 3. The Balaban J connectivity index is 2.06. The summed E-state index contributed by atoms with van der Waals surface area (Å²) in [7, 11) is 0. The largest absolute Gasteiger partial charge is 0.416 e. The van der Waals surface area contributed by atoms with Crippen LogP contribution in [0.1, 0.15) is 25.0 Å². The Morgan fingerprint density at radius 2 is 1.90 bits per heavy atom. The summed E-state index contributed by atoms with van der Waals surface area (Å²) in [6.45, 7) is 4.70. The molecule has 0 aromatic heterocycles. The molecule has 0 bridgehead atoms. The molecule has 0 spiro atoms. The highest BCUT2D eigenvalue weighted by atomic mass is 19.4. The summed E-state index contributed by atoms with van der Waals surface area (Å²) in [4.78, 5) is 13.9. The quantitative estimate of drug-likeness (QED) is 0.840. The molecular formula is C15H18F3NO2. The van der Waals surface area contributed by atoms with E-state index in [0.29, 0.717) is 18.7 Å². The van der Waals surface area contributed by atoms with Crippen molar-refractivity contribution in [2.45, 2.75) is 38.7 Å². The molecule has 1 amide bonds. The number of carbonyl (C=O) groups excluding carboxylic acids is 1. The lowest BCUT2D eigenvalue weighted by atomic mass is 10.1. The van der Waals surface area contributed by atoms with Crippen LogP contribution in [0.25, 0.3) is 0 Å². The van der Waals surface area contributed by atoms with E-state index in [1.165, 1.54) is 6.07 Å². The van der Waals surface area contributed by atoms with Crippen molar-refractivity contribution in [3.05, 3.63) is 35.4 Å². The summed E-state index contributed by atoms with van der Waals surface area (Å²) < 4.78 is 43.5. The van der Waals surface area contributed by atoms with Gasteiger partial charge in [-0.15, -0.1) is 0 Å². The topological polar surface area (TPSA) is 29.5 Å². The third-order valence-electron chi connectivity index (χ3n) is 3.38. The Hall–Kier alpha value is -1.56. The highest BCUT2D eigenvalue weighted by Gasteiger charge is 2.31. The van der Waals surface area contributed by atoms with Crippen molar-refractivity contribution in [3.8, 4) is 0 Å². The summed E-state index contributed by atoms with van der Waals surface area (Å²) in [5, 5.41) is 0. The number of halogens is 3. The van der Waals surface area contributed by atoms with Crippen LogP contribution in [0.15, 0.2) is 24.3 Å². The van der Waals surface area contributed by atoms with E-state index in [2.05, 4.69) is 0 Å². The Morgan fingerprint density at radius 1 is 1.29 bits per heavy atom. The van der Waals surface area contributed by atoms with Crippen LogP contribution in [-0.2, 0) is 22.1 Å². The summed E-state index contributed by atoms with van der Waals surface area (Å²) in [6.07, 6.45) is -4.52. The highest BCUT2D eigenvalue weighted by Crippen LogP contribution is 2.29. The molecule has 0 aliphatic carbocycles. The predicted octanol–water partition coefficient (Wildman–Crippen LogP) is 2.88. The first-order valence-electron chi connectivity index (χ1n) is 6.85. The number of carbonyl (C=O) groups is 1. The van der Waals surface area contributed by atoms with Gasteiger partial charge in [-0.25, -0.2) is 0 Å². The van der Waals surface area contributed by atoms with Crippen molar-refractivity contribution in [1.29, 1.82) is 0 Å². The lowest BCUT2D eigenvalue weighted by molar-refractivity contribution is -0.142. The zero-order valence-electron chi connectivity index (χ0n) is 12.0. The Kier molecular flexibility index (Phi) is 4.56. The number of morpholine rings is 1. The fourth-order valence-corrected chi connectivity index (χ4v) is 2.53. The molecule has 116 valence electrons. The van der Waals surface area contributed by atoms with E-state index < -0.39 is 11.7 Å². The van der Waals surface area contributed by atoms with Crippen molar-refractivity contribution in [2.75, 3.05) is 13.1 Å². The van der Waals surface area contributed by atoms with Gasteiger partial charge in [0, 0.05) is 13.1 Å². The number of ether oxygens (including phenoxy) is 1. The molecule has 1 aliphatic rings. The molecule has 3 nitrogen and oxygen atoms in total. The van der Waals surface area contributed by atoms with Crippen molar-refractivity contribution in [3.63, 3.8) is 0 Å². The van der Waals surface area contributed by atoms with E-state index >= 15 is 0 Å². The maximum Gasteiger partial charge on any atom is 0.416 e. The minimum absolute atomic E-state index is 0.0244. The van der Waals surface area contributed by atoms with Gasteiger partial charge in [-0.2, -0.15) is 13.2 Å². The molecular weight excluding hydrogens is 283 g/mol. The summed E-state index contributed by atoms with van der Waals surface area (Å²) in [5.41, 5.74) is -0.349. The van der Waals surface area contributed by atoms with Crippen LogP contribution in [0.3, 0.4) is 0 Å². The van der Waals surface area contributed by atoms with Crippen molar-refractivity contribution in [1.82, 2.24) is 4.90 Å². The van der Waals surface area contributed by atoms with Gasteiger partial charge in [0.15, 0.2) is 0 Å². The van der Waals surface area contributed by atoms with Crippen LogP contribution in [0.4, 0.5) is 13.2 Å². The van der Waals surface area contributed by atoms with Crippen LogP contribution in [0.5, 0.6) is 0 Å². The van der Waals surface area contributed by atoms with E-state index in [9.17, 15) is 18.0 Å². The van der Waals surface area contributed by atoms with Crippen LogP contribution in [0.2, 0.25) is 0 Å². The maximum atomic E-state index is 12.7. The molecule has 2 rings (SSSR count). The summed E-state index contributed by atoms with van der Waals surface area (Å²) in [6, 6.07) is 4.91. The fraction of sp³-hybridized carbons (Fsp3) is 0.533. The van der Waals surface area contributed by atoms with Crippen molar-refractivity contribution >= 4 is 5.91 Å². The number of amides is 1. The van der Waals surface area contributed by atoms with Crippen molar-refractivity contribution in [2.24, 2.45) is 0 Å². The van der Waals surface area contributed by atoms with Gasteiger partial charge in [0.2, 0.25) is 5.91 Å². The van der Waals surface area contributed by atoms with Gasteiger partial charge in [-0.3, -0.25) is 4.79 Å². The van der Waals surface area contributed by atoms with Gasteiger partial charge in [0.05, 0.1) is 24.2 Å². The smallest absolute Gasteiger partial charge is 0.372 e. The van der Waals surface area contributed by atoms with Gasteiger partial charge < -0.3 is 9.64 Å². The SMILES string of the molecule is CC1CN(C(=O)Cc2cccc(C(F)(F)F)c2)CC(C)O1. The summed E-state index contributed by atoms with van der Waals surface area (Å²) in [5.74, 6) is -0.170. The molecule has 1 saturated heterocycles. The Labute approximate surface area is 121 Å². The second-order valence-electron chi connectivity index (χ2n) is 5.43. The predicted molar refractivity (Wildman–Crippen MR) is 71.7 cm³/mol. The molecule has 21 heavy (non-hydrogen) atoms. The first-order chi connectivity index (χ1) is 9.75. The summed E-state index contributed by atoms with van der Waals surface area (Å²) >= 11 is 0. The molecule has 0 radical (unpaired) electrons.